The molecular formula is C22H20N2O5. The van der Waals surface area contributed by atoms with Crippen LogP contribution in [0.15, 0.2) is 59.7 Å². The van der Waals surface area contributed by atoms with Crippen molar-refractivity contribution >= 4 is 22.9 Å². The van der Waals surface area contributed by atoms with Gasteiger partial charge in [-0.15, -0.1) is 0 Å². The molecular weight excluding hydrogens is 372 g/mol. The monoisotopic (exact) mass is 392 g/mol. The van der Waals surface area contributed by atoms with Crippen molar-refractivity contribution in [2.75, 3.05) is 20.8 Å². The smallest absolute Gasteiger partial charge is 0.284 e. The van der Waals surface area contributed by atoms with Crippen LogP contribution in [0.4, 0.5) is 0 Å². The van der Waals surface area contributed by atoms with Crippen molar-refractivity contribution in [3.8, 4) is 23.0 Å². The van der Waals surface area contributed by atoms with Gasteiger partial charge in [0.15, 0.2) is 23.0 Å². The number of nitrogens with one attached hydrogen (secondary N) is 1. The molecule has 1 N–H and O–H groups in total. The van der Waals surface area contributed by atoms with Crippen LogP contribution in [-0.4, -0.2) is 39.1 Å². The molecule has 0 bridgehead atoms. The molecule has 4 rings (SSSR count). The zero-order chi connectivity index (χ0) is 20.2. The van der Waals surface area contributed by atoms with Crippen molar-refractivity contribution in [1.82, 2.24) is 5.43 Å². The highest BCUT2D eigenvalue weighted by atomic mass is 16.6. The number of amides is 1. The van der Waals surface area contributed by atoms with Crippen LogP contribution in [0.2, 0.25) is 0 Å². The molecule has 1 aliphatic rings. The number of benzene rings is 3. The Hall–Kier alpha value is -3.74. The molecule has 0 spiro atoms. The van der Waals surface area contributed by atoms with E-state index in [1.165, 1.54) is 6.21 Å². The number of para-hydroxylation sites is 1. The molecule has 1 atom stereocenters. The van der Waals surface area contributed by atoms with Crippen LogP contribution in [0.1, 0.15) is 5.56 Å². The fraction of sp³-hybridized carbons (Fsp3) is 0.182. The van der Waals surface area contributed by atoms with Crippen LogP contribution < -0.4 is 24.4 Å². The molecule has 1 aliphatic heterocycles. The van der Waals surface area contributed by atoms with Crippen LogP contribution in [0, 0.1) is 0 Å². The fourth-order valence-corrected chi connectivity index (χ4v) is 3.14. The number of rotatable bonds is 5. The summed E-state index contributed by atoms with van der Waals surface area (Å²) in [7, 11) is 3.10. The summed E-state index contributed by atoms with van der Waals surface area (Å²) >= 11 is 0. The van der Waals surface area contributed by atoms with Gasteiger partial charge in [0, 0.05) is 5.56 Å². The average molecular weight is 392 g/mol. The lowest BCUT2D eigenvalue weighted by molar-refractivity contribution is -0.130. The minimum Gasteiger partial charge on any atom is -0.493 e. The van der Waals surface area contributed by atoms with E-state index in [2.05, 4.69) is 10.5 Å². The Labute approximate surface area is 167 Å². The lowest BCUT2D eigenvalue weighted by Gasteiger charge is -2.25. The van der Waals surface area contributed by atoms with Gasteiger partial charge in [-0.1, -0.05) is 30.3 Å². The van der Waals surface area contributed by atoms with Crippen molar-refractivity contribution in [3.63, 3.8) is 0 Å². The quantitative estimate of drug-likeness (QED) is 0.533. The number of carbonyl (C=O) groups excluding carboxylic acids is 1. The first kappa shape index (κ1) is 18.6. The number of carbonyl (C=O) groups is 1. The van der Waals surface area contributed by atoms with E-state index in [4.69, 9.17) is 18.9 Å². The summed E-state index contributed by atoms with van der Waals surface area (Å²) < 4.78 is 22.1. The lowest BCUT2D eigenvalue weighted by atomic mass is 10.1. The summed E-state index contributed by atoms with van der Waals surface area (Å²) in [5.74, 6) is 1.87. The lowest BCUT2D eigenvalue weighted by Crippen LogP contribution is -2.42. The van der Waals surface area contributed by atoms with Crippen molar-refractivity contribution in [2.45, 2.75) is 6.10 Å². The van der Waals surface area contributed by atoms with Crippen LogP contribution in [0.3, 0.4) is 0 Å². The van der Waals surface area contributed by atoms with Gasteiger partial charge in [-0.3, -0.25) is 4.79 Å². The molecule has 0 aromatic heterocycles. The summed E-state index contributed by atoms with van der Waals surface area (Å²) in [6.45, 7) is 0.106. The van der Waals surface area contributed by atoms with Gasteiger partial charge in [0.25, 0.3) is 5.91 Å². The zero-order valence-corrected chi connectivity index (χ0v) is 16.0. The van der Waals surface area contributed by atoms with Gasteiger partial charge in [-0.05, 0) is 35.0 Å². The Kier molecular flexibility index (Phi) is 5.20. The van der Waals surface area contributed by atoms with E-state index in [0.717, 1.165) is 10.8 Å². The third-order valence-electron chi connectivity index (χ3n) is 4.58. The van der Waals surface area contributed by atoms with E-state index in [-0.39, 0.29) is 6.61 Å². The fourth-order valence-electron chi connectivity index (χ4n) is 3.14. The number of hydrazone groups is 1. The highest BCUT2D eigenvalue weighted by molar-refractivity contribution is 5.89. The molecule has 0 fully saturated rings. The number of hydrogen-bond acceptors (Lipinski definition) is 6. The number of hydrogen-bond donors (Lipinski definition) is 1. The number of fused-ring (bicyclic) bond motifs is 2. The Morgan fingerprint density at radius 1 is 1.07 bits per heavy atom. The topological polar surface area (TPSA) is 78.4 Å². The summed E-state index contributed by atoms with van der Waals surface area (Å²) in [5.41, 5.74) is 3.16. The van der Waals surface area contributed by atoms with Crippen molar-refractivity contribution in [1.29, 1.82) is 0 Å². The van der Waals surface area contributed by atoms with Gasteiger partial charge in [0.2, 0.25) is 6.10 Å². The molecule has 3 aromatic carbocycles. The Morgan fingerprint density at radius 3 is 2.55 bits per heavy atom. The molecule has 29 heavy (non-hydrogen) atoms. The summed E-state index contributed by atoms with van der Waals surface area (Å²) in [5, 5.41) is 6.07. The molecule has 3 aromatic rings. The van der Waals surface area contributed by atoms with E-state index >= 15 is 0 Å². The highest BCUT2D eigenvalue weighted by Gasteiger charge is 2.27. The van der Waals surface area contributed by atoms with Gasteiger partial charge < -0.3 is 18.9 Å². The second-order valence-corrected chi connectivity index (χ2v) is 6.38. The predicted octanol–water partition coefficient (Wildman–Crippen LogP) is 3.15. The minimum atomic E-state index is -0.798. The first-order chi connectivity index (χ1) is 14.2. The van der Waals surface area contributed by atoms with Crippen molar-refractivity contribution in [3.05, 3.63) is 60.2 Å². The Bertz CT molecular complexity index is 1080. The maximum absolute atomic E-state index is 12.5. The molecule has 1 heterocycles. The molecule has 0 saturated heterocycles. The second kappa shape index (κ2) is 8.10. The molecule has 7 nitrogen and oxygen atoms in total. The van der Waals surface area contributed by atoms with Crippen LogP contribution in [0.25, 0.3) is 10.8 Å². The third kappa shape index (κ3) is 3.80. The van der Waals surface area contributed by atoms with Crippen LogP contribution in [-0.2, 0) is 4.79 Å². The van der Waals surface area contributed by atoms with Gasteiger partial charge in [0.1, 0.15) is 6.61 Å². The Balaban J connectivity index is 1.45. The Morgan fingerprint density at radius 2 is 1.83 bits per heavy atom. The van der Waals surface area contributed by atoms with E-state index in [9.17, 15) is 4.79 Å². The first-order valence-corrected chi connectivity index (χ1v) is 9.05. The molecule has 7 heteroatoms. The molecule has 0 saturated carbocycles. The van der Waals surface area contributed by atoms with Crippen LogP contribution in [0.5, 0.6) is 23.0 Å². The first-order valence-electron chi connectivity index (χ1n) is 9.05. The third-order valence-corrected chi connectivity index (χ3v) is 4.58. The predicted molar refractivity (Wildman–Crippen MR) is 109 cm³/mol. The average Bonchev–Trinajstić information content (AvgIpc) is 2.76. The summed E-state index contributed by atoms with van der Waals surface area (Å²) in [4.78, 5) is 12.5. The van der Waals surface area contributed by atoms with E-state index in [1.54, 1.807) is 26.4 Å². The zero-order valence-electron chi connectivity index (χ0n) is 16.0. The second-order valence-electron chi connectivity index (χ2n) is 6.38. The normalized spacial score (nSPS) is 15.3. The largest absolute Gasteiger partial charge is 0.493 e. The van der Waals surface area contributed by atoms with E-state index in [1.807, 2.05) is 42.5 Å². The molecule has 0 radical (unpaired) electrons. The minimum absolute atomic E-state index is 0.106. The highest BCUT2D eigenvalue weighted by Crippen LogP contribution is 2.36. The molecule has 148 valence electrons. The molecule has 0 unspecified atom stereocenters. The van der Waals surface area contributed by atoms with Crippen LogP contribution >= 0.6 is 0 Å². The maximum atomic E-state index is 12.5. The SMILES string of the molecule is COc1cccc(/C=N/NC(=O)[C@H]2COc3cc4ccccc4cc3O2)c1OC. The number of nitrogens with zero attached hydrogens (tertiary/aromatic N) is 1. The van der Waals surface area contributed by atoms with E-state index in [0.29, 0.717) is 28.6 Å². The maximum Gasteiger partial charge on any atom is 0.284 e. The standard InChI is InChI=1S/C22H20N2O5/c1-26-17-9-5-8-16(21(17)27-2)12-23-24-22(25)20-13-28-18-10-14-6-3-4-7-15(14)11-19(18)29-20/h3-12,20H,13H2,1-2H3,(H,24,25)/b23-12+/t20-/m1/s1. The van der Waals surface area contributed by atoms with Gasteiger partial charge >= 0.3 is 0 Å². The number of methoxy groups -OCH3 is 2. The van der Waals surface area contributed by atoms with Gasteiger partial charge in [0.05, 0.1) is 20.4 Å². The van der Waals surface area contributed by atoms with Crippen molar-refractivity contribution < 1.29 is 23.7 Å². The van der Waals surface area contributed by atoms with E-state index < -0.39 is 12.0 Å². The summed E-state index contributed by atoms with van der Waals surface area (Å²) in [6.07, 6.45) is 0.692. The molecule has 1 amide bonds. The molecule has 0 aliphatic carbocycles. The summed E-state index contributed by atoms with van der Waals surface area (Å²) in [6, 6.07) is 17.1. The van der Waals surface area contributed by atoms with Gasteiger partial charge in [-0.2, -0.15) is 5.10 Å². The van der Waals surface area contributed by atoms with Crippen molar-refractivity contribution in [2.24, 2.45) is 5.10 Å². The van der Waals surface area contributed by atoms with Gasteiger partial charge in [-0.25, -0.2) is 5.43 Å². The number of ether oxygens (including phenoxy) is 4.